The molecule has 0 unspecified atom stereocenters. The predicted octanol–water partition coefficient (Wildman–Crippen LogP) is 4.37. The van der Waals surface area contributed by atoms with Gasteiger partial charge in [0.2, 0.25) is 0 Å². The first-order valence-electron chi connectivity index (χ1n) is 6.62. The van der Waals surface area contributed by atoms with Gasteiger partial charge in [0, 0.05) is 17.8 Å². The molecule has 0 aliphatic carbocycles. The molecule has 2 N–H and O–H groups in total. The minimum absolute atomic E-state index is 0.772. The molecule has 3 rings (SSSR count). The van der Waals surface area contributed by atoms with Gasteiger partial charge in [0.05, 0.1) is 16.8 Å². The van der Waals surface area contributed by atoms with Crippen molar-refractivity contribution in [1.29, 1.82) is 0 Å². The molecule has 0 radical (unpaired) electrons. The van der Waals surface area contributed by atoms with Crippen LogP contribution in [0.5, 0.6) is 0 Å². The van der Waals surface area contributed by atoms with Crippen LogP contribution in [0.15, 0.2) is 41.9 Å². The van der Waals surface area contributed by atoms with Crippen molar-refractivity contribution >= 4 is 17.0 Å². The molecule has 4 heteroatoms. The first-order valence-corrected chi connectivity index (χ1v) is 7.50. The van der Waals surface area contributed by atoms with Gasteiger partial charge >= 0.3 is 0 Å². The van der Waals surface area contributed by atoms with Gasteiger partial charge in [-0.1, -0.05) is 18.2 Å². The van der Waals surface area contributed by atoms with E-state index >= 15 is 0 Å². The monoisotopic (exact) mass is 283 g/mol. The second kappa shape index (κ2) is 5.51. The van der Waals surface area contributed by atoms with Gasteiger partial charge in [0.1, 0.15) is 0 Å². The Kier molecular flexibility index (Phi) is 3.56. The van der Waals surface area contributed by atoms with Crippen LogP contribution in [0.3, 0.4) is 0 Å². The van der Waals surface area contributed by atoms with Crippen LogP contribution in [0.2, 0.25) is 0 Å². The maximum atomic E-state index is 4.17. The van der Waals surface area contributed by atoms with Crippen molar-refractivity contribution in [3.05, 3.63) is 58.6 Å². The summed E-state index contributed by atoms with van der Waals surface area (Å²) >= 11 is 1.72. The lowest BCUT2D eigenvalue weighted by Crippen LogP contribution is -2.02. The van der Waals surface area contributed by atoms with Crippen molar-refractivity contribution in [2.75, 3.05) is 5.32 Å². The third-order valence-electron chi connectivity index (χ3n) is 3.56. The van der Waals surface area contributed by atoms with Gasteiger partial charge in [-0.25, -0.2) is 0 Å². The summed E-state index contributed by atoms with van der Waals surface area (Å²) in [6, 6.07) is 10.5. The van der Waals surface area contributed by atoms with Crippen LogP contribution in [-0.4, -0.2) is 10.2 Å². The van der Waals surface area contributed by atoms with E-state index in [1.807, 2.05) is 6.20 Å². The summed E-state index contributed by atoms with van der Waals surface area (Å²) in [6.45, 7) is 5.05. The second-order valence-electron chi connectivity index (χ2n) is 4.85. The molecular weight excluding hydrogens is 266 g/mol. The highest BCUT2D eigenvalue weighted by atomic mass is 32.1. The fourth-order valence-electron chi connectivity index (χ4n) is 2.21. The van der Waals surface area contributed by atoms with E-state index in [4.69, 9.17) is 0 Å². The fraction of sp³-hybridized carbons (Fsp3) is 0.188. The number of hydrogen-bond acceptors (Lipinski definition) is 3. The Morgan fingerprint density at radius 1 is 1.20 bits per heavy atom. The molecule has 1 aromatic carbocycles. The number of H-pyrrole nitrogens is 1. The molecule has 0 fully saturated rings. The van der Waals surface area contributed by atoms with Gasteiger partial charge in [0.25, 0.3) is 0 Å². The van der Waals surface area contributed by atoms with Gasteiger partial charge in [-0.3, -0.25) is 5.10 Å². The lowest BCUT2D eigenvalue weighted by molar-refractivity contribution is 1.10. The molecular formula is C16H17N3S. The number of aryl methyl sites for hydroxylation is 1. The summed E-state index contributed by atoms with van der Waals surface area (Å²) < 4.78 is 0. The molecule has 3 aromatic rings. The number of nitrogens with zero attached hydrogens (tertiary/aromatic N) is 1. The molecule has 0 bridgehead atoms. The Balaban J connectivity index is 1.80. The van der Waals surface area contributed by atoms with E-state index in [9.17, 15) is 0 Å². The van der Waals surface area contributed by atoms with Gasteiger partial charge < -0.3 is 5.32 Å². The topological polar surface area (TPSA) is 40.7 Å². The smallest absolute Gasteiger partial charge is 0.0799 e. The van der Waals surface area contributed by atoms with Crippen LogP contribution in [0.25, 0.3) is 10.6 Å². The van der Waals surface area contributed by atoms with E-state index in [2.05, 4.69) is 65.1 Å². The number of aromatic amines is 1. The molecule has 2 heterocycles. The van der Waals surface area contributed by atoms with Gasteiger partial charge in [-0.05, 0) is 42.5 Å². The zero-order valence-corrected chi connectivity index (χ0v) is 12.4. The summed E-state index contributed by atoms with van der Waals surface area (Å²) in [5.74, 6) is 0. The SMILES string of the molecule is Cc1cccc(NCc2cn[nH]c2-c2cccs2)c1C. The normalized spacial score (nSPS) is 10.7. The number of nitrogens with one attached hydrogen (secondary N) is 2. The van der Waals surface area contributed by atoms with Crippen LogP contribution in [-0.2, 0) is 6.54 Å². The van der Waals surface area contributed by atoms with Crippen LogP contribution in [0, 0.1) is 13.8 Å². The molecule has 102 valence electrons. The summed E-state index contributed by atoms with van der Waals surface area (Å²) in [4.78, 5) is 1.22. The first-order chi connectivity index (χ1) is 9.75. The number of hydrogen-bond donors (Lipinski definition) is 2. The van der Waals surface area contributed by atoms with Gasteiger partial charge in [-0.15, -0.1) is 11.3 Å². The Bertz CT molecular complexity index is 698. The van der Waals surface area contributed by atoms with Crippen molar-refractivity contribution in [3.63, 3.8) is 0 Å². The number of benzene rings is 1. The number of rotatable bonds is 4. The molecule has 0 atom stereocenters. The molecule has 3 nitrogen and oxygen atoms in total. The van der Waals surface area contributed by atoms with Crippen molar-refractivity contribution in [3.8, 4) is 10.6 Å². The zero-order chi connectivity index (χ0) is 13.9. The number of aromatic nitrogens is 2. The largest absolute Gasteiger partial charge is 0.381 e. The van der Waals surface area contributed by atoms with E-state index in [1.54, 1.807) is 11.3 Å². The molecule has 0 amide bonds. The maximum absolute atomic E-state index is 4.17. The fourth-order valence-corrected chi connectivity index (χ4v) is 2.97. The average molecular weight is 283 g/mol. The summed E-state index contributed by atoms with van der Waals surface area (Å²) in [7, 11) is 0. The average Bonchev–Trinajstić information content (AvgIpc) is 3.10. The maximum Gasteiger partial charge on any atom is 0.0799 e. The molecule has 20 heavy (non-hydrogen) atoms. The van der Waals surface area contributed by atoms with Crippen LogP contribution in [0.4, 0.5) is 5.69 Å². The van der Waals surface area contributed by atoms with Crippen molar-refractivity contribution in [2.24, 2.45) is 0 Å². The molecule has 0 saturated carbocycles. The van der Waals surface area contributed by atoms with Gasteiger partial charge in [0.15, 0.2) is 0 Å². The Hall–Kier alpha value is -2.07. The van der Waals surface area contributed by atoms with E-state index in [0.717, 1.165) is 12.2 Å². The number of anilines is 1. The minimum atomic E-state index is 0.772. The number of thiophene rings is 1. The van der Waals surface area contributed by atoms with Crippen molar-refractivity contribution in [2.45, 2.75) is 20.4 Å². The van der Waals surface area contributed by atoms with Crippen LogP contribution in [0.1, 0.15) is 16.7 Å². The molecule has 0 aliphatic rings. The predicted molar refractivity (Wildman–Crippen MR) is 85.1 cm³/mol. The van der Waals surface area contributed by atoms with E-state index in [0.29, 0.717) is 0 Å². The lowest BCUT2D eigenvalue weighted by atomic mass is 10.1. The second-order valence-corrected chi connectivity index (χ2v) is 5.80. The highest BCUT2D eigenvalue weighted by molar-refractivity contribution is 7.13. The standard InChI is InChI=1S/C16H17N3S/c1-11-5-3-6-14(12(11)2)17-9-13-10-18-19-16(13)15-7-4-8-20-15/h3-8,10,17H,9H2,1-2H3,(H,18,19). The summed E-state index contributed by atoms with van der Waals surface area (Å²) in [5.41, 5.74) is 6.09. The molecule has 0 spiro atoms. The van der Waals surface area contributed by atoms with Crippen LogP contribution < -0.4 is 5.32 Å². The van der Waals surface area contributed by atoms with E-state index in [1.165, 1.54) is 27.3 Å². The quantitative estimate of drug-likeness (QED) is 0.746. The van der Waals surface area contributed by atoms with Crippen molar-refractivity contribution < 1.29 is 0 Å². The summed E-state index contributed by atoms with van der Waals surface area (Å²) in [5, 5.41) is 12.8. The zero-order valence-electron chi connectivity index (χ0n) is 11.6. The van der Waals surface area contributed by atoms with Crippen LogP contribution >= 0.6 is 11.3 Å². The molecule has 2 aromatic heterocycles. The van der Waals surface area contributed by atoms with E-state index < -0.39 is 0 Å². The highest BCUT2D eigenvalue weighted by Gasteiger charge is 2.09. The third kappa shape index (κ3) is 2.47. The Morgan fingerprint density at radius 2 is 2.10 bits per heavy atom. The third-order valence-corrected chi connectivity index (χ3v) is 4.45. The van der Waals surface area contributed by atoms with Crippen molar-refractivity contribution in [1.82, 2.24) is 10.2 Å². The van der Waals surface area contributed by atoms with Gasteiger partial charge in [-0.2, -0.15) is 5.10 Å². The minimum Gasteiger partial charge on any atom is -0.381 e. The lowest BCUT2D eigenvalue weighted by Gasteiger charge is -2.11. The molecule has 0 aliphatic heterocycles. The Morgan fingerprint density at radius 3 is 2.90 bits per heavy atom. The highest BCUT2D eigenvalue weighted by Crippen LogP contribution is 2.27. The first kappa shape index (κ1) is 12.9. The van der Waals surface area contributed by atoms with E-state index in [-0.39, 0.29) is 0 Å². The summed E-state index contributed by atoms with van der Waals surface area (Å²) in [6.07, 6.45) is 1.90. The Labute approximate surface area is 122 Å². The molecule has 0 saturated heterocycles.